The minimum Gasteiger partial charge on any atom is -0.466 e. The zero-order valence-corrected chi connectivity index (χ0v) is 23.0. The average molecular weight is 538 g/mol. The fourth-order valence-corrected chi connectivity index (χ4v) is 4.59. The van der Waals surface area contributed by atoms with Crippen LogP contribution in [0.25, 0.3) is 0 Å². The number of aryl methyl sites for hydroxylation is 2. The number of hydrogen-bond acceptors (Lipinski definition) is 7. The monoisotopic (exact) mass is 537 g/mol. The summed E-state index contributed by atoms with van der Waals surface area (Å²) in [6.45, 7) is 10.8. The second-order valence-electron chi connectivity index (χ2n) is 8.26. The second-order valence-corrected chi connectivity index (χ2v) is 8.66. The lowest BCUT2D eigenvalue weighted by Gasteiger charge is -2.31. The first-order chi connectivity index (χ1) is 16.7. The van der Waals surface area contributed by atoms with Crippen molar-refractivity contribution in [2.75, 3.05) is 26.9 Å². The lowest BCUT2D eigenvalue weighted by Crippen LogP contribution is -2.35. The summed E-state index contributed by atoms with van der Waals surface area (Å²) in [4.78, 5) is 30.5. The summed E-state index contributed by atoms with van der Waals surface area (Å²) in [6, 6.07) is 7.12. The van der Waals surface area contributed by atoms with E-state index in [0.717, 1.165) is 17.2 Å². The number of esters is 2. The number of rotatable bonds is 9. The maximum absolute atomic E-state index is 13.2. The van der Waals surface area contributed by atoms with Gasteiger partial charge in [0.05, 0.1) is 55.4 Å². The van der Waals surface area contributed by atoms with Crippen LogP contribution in [0.5, 0.6) is 0 Å². The van der Waals surface area contributed by atoms with E-state index in [4.69, 9.17) is 25.8 Å². The summed E-state index contributed by atoms with van der Waals surface area (Å²) in [7, 11) is 1.31. The molecule has 2 aromatic rings. The van der Waals surface area contributed by atoms with Gasteiger partial charge in [-0.3, -0.25) is 0 Å². The van der Waals surface area contributed by atoms with Crippen LogP contribution < -0.4 is 5.32 Å². The first-order valence-corrected chi connectivity index (χ1v) is 11.9. The Morgan fingerprint density at radius 1 is 1.11 bits per heavy atom. The van der Waals surface area contributed by atoms with Gasteiger partial charge in [0.15, 0.2) is 0 Å². The molecular formula is C26H33Cl2N3O5. The molecular weight excluding hydrogens is 505 g/mol. The lowest BCUT2D eigenvalue weighted by atomic mass is 9.80. The standard InChI is InChI=1S/C26H32ClN3O5.ClH/c1-7-35-26(32)24-21(14-34-13-12-30-17(4)15(2)28-18(30)5)29-16(3)22(25(31)33-6)23(24)19-10-8-9-11-20(19)27;/h8-11,23,29H,7,12-14H2,1-6H3;1H. The van der Waals surface area contributed by atoms with Gasteiger partial charge >= 0.3 is 11.9 Å². The molecule has 0 aliphatic carbocycles. The highest BCUT2D eigenvalue weighted by Gasteiger charge is 2.39. The molecule has 1 aromatic carbocycles. The Kier molecular flexibility index (Phi) is 10.6. The number of imidazole rings is 1. The van der Waals surface area contributed by atoms with Crippen LogP contribution in [-0.2, 0) is 30.3 Å². The Morgan fingerprint density at radius 2 is 1.81 bits per heavy atom. The number of aromatic nitrogens is 2. The van der Waals surface area contributed by atoms with Crippen molar-refractivity contribution in [3.05, 3.63) is 74.6 Å². The van der Waals surface area contributed by atoms with Crippen LogP contribution in [0.15, 0.2) is 46.8 Å². The van der Waals surface area contributed by atoms with Crippen LogP contribution in [0.2, 0.25) is 5.02 Å². The summed E-state index contributed by atoms with van der Waals surface area (Å²) in [6.07, 6.45) is 0. The maximum atomic E-state index is 13.2. The van der Waals surface area contributed by atoms with Gasteiger partial charge in [-0.05, 0) is 46.2 Å². The zero-order chi connectivity index (χ0) is 25.7. The van der Waals surface area contributed by atoms with Crippen LogP contribution in [0, 0.1) is 20.8 Å². The van der Waals surface area contributed by atoms with Crippen molar-refractivity contribution >= 4 is 35.9 Å². The third-order valence-corrected chi connectivity index (χ3v) is 6.46. The number of nitrogens with one attached hydrogen (secondary N) is 1. The number of methoxy groups -OCH3 is 1. The lowest BCUT2D eigenvalue weighted by molar-refractivity contribution is -0.139. The second kappa shape index (κ2) is 12.9. The highest BCUT2D eigenvalue weighted by Crippen LogP contribution is 2.41. The minimum absolute atomic E-state index is 0. The van der Waals surface area contributed by atoms with Crippen LogP contribution in [0.1, 0.15) is 42.5 Å². The van der Waals surface area contributed by atoms with Gasteiger partial charge in [-0.25, -0.2) is 14.6 Å². The molecule has 0 saturated carbocycles. The van der Waals surface area contributed by atoms with Gasteiger partial charge in [0.2, 0.25) is 0 Å². The van der Waals surface area contributed by atoms with E-state index >= 15 is 0 Å². The van der Waals surface area contributed by atoms with E-state index in [1.54, 1.807) is 32.0 Å². The number of halogens is 2. The summed E-state index contributed by atoms with van der Waals surface area (Å²) in [5, 5.41) is 3.61. The third-order valence-electron chi connectivity index (χ3n) is 6.12. The Morgan fingerprint density at radius 3 is 2.39 bits per heavy atom. The molecule has 0 spiro atoms. The number of allylic oxidation sites excluding steroid dienone is 1. The molecule has 1 N–H and O–H groups in total. The molecule has 3 rings (SSSR count). The highest BCUT2D eigenvalue weighted by atomic mass is 35.5. The van der Waals surface area contributed by atoms with E-state index in [1.807, 2.05) is 26.8 Å². The topological polar surface area (TPSA) is 91.7 Å². The van der Waals surface area contributed by atoms with E-state index in [0.29, 0.717) is 40.7 Å². The highest BCUT2D eigenvalue weighted by molar-refractivity contribution is 6.31. The molecule has 1 atom stereocenters. The van der Waals surface area contributed by atoms with Crippen molar-refractivity contribution in [2.45, 2.75) is 47.1 Å². The third kappa shape index (κ3) is 6.11. The Balaban J connectivity index is 0.00000456. The number of nitrogens with zero attached hydrogens (tertiary/aromatic N) is 2. The van der Waals surface area contributed by atoms with Crippen LogP contribution in [0.4, 0.5) is 0 Å². The molecule has 0 saturated heterocycles. The number of carbonyl (C=O) groups excluding carboxylic acids is 2. The van der Waals surface area contributed by atoms with Gasteiger partial charge in [0, 0.05) is 23.0 Å². The molecule has 8 nitrogen and oxygen atoms in total. The SMILES string of the molecule is CCOC(=O)C1=C(COCCn2c(C)nc(C)c2C)NC(C)=C(C(=O)OC)C1c1ccccc1Cl.Cl. The molecule has 0 bridgehead atoms. The molecule has 0 fully saturated rings. The Labute approximate surface area is 223 Å². The minimum atomic E-state index is -0.768. The van der Waals surface area contributed by atoms with E-state index in [-0.39, 0.29) is 31.2 Å². The molecule has 0 radical (unpaired) electrons. The summed E-state index contributed by atoms with van der Waals surface area (Å²) >= 11 is 6.53. The average Bonchev–Trinajstić information content (AvgIpc) is 3.07. The summed E-state index contributed by atoms with van der Waals surface area (Å²) in [5.41, 5.74) is 4.34. The number of benzene rings is 1. The first kappa shape index (κ1) is 29.4. The maximum Gasteiger partial charge on any atom is 0.336 e. The number of hydrogen-bond donors (Lipinski definition) is 1. The van der Waals surface area contributed by atoms with Gasteiger partial charge in [0.25, 0.3) is 0 Å². The fourth-order valence-electron chi connectivity index (χ4n) is 4.34. The van der Waals surface area contributed by atoms with E-state index in [1.165, 1.54) is 7.11 Å². The zero-order valence-electron chi connectivity index (χ0n) is 21.4. The van der Waals surface area contributed by atoms with Crippen LogP contribution in [0.3, 0.4) is 0 Å². The van der Waals surface area contributed by atoms with Crippen molar-refractivity contribution in [1.82, 2.24) is 14.9 Å². The molecule has 10 heteroatoms. The van der Waals surface area contributed by atoms with Gasteiger partial charge in [0.1, 0.15) is 5.82 Å². The smallest absolute Gasteiger partial charge is 0.336 e. The molecule has 1 aliphatic heterocycles. The van der Waals surface area contributed by atoms with Gasteiger partial charge < -0.3 is 24.1 Å². The molecule has 196 valence electrons. The van der Waals surface area contributed by atoms with E-state index in [2.05, 4.69) is 14.9 Å². The largest absolute Gasteiger partial charge is 0.466 e. The Bertz CT molecular complexity index is 1190. The van der Waals surface area contributed by atoms with Crippen molar-refractivity contribution in [2.24, 2.45) is 0 Å². The summed E-state index contributed by atoms with van der Waals surface area (Å²) < 4.78 is 18.5. The van der Waals surface area contributed by atoms with E-state index < -0.39 is 17.9 Å². The molecule has 1 aliphatic rings. The number of ether oxygens (including phenoxy) is 3. The predicted octanol–water partition coefficient (Wildman–Crippen LogP) is 4.55. The van der Waals surface area contributed by atoms with Crippen molar-refractivity contribution in [3.63, 3.8) is 0 Å². The van der Waals surface area contributed by atoms with E-state index in [9.17, 15) is 9.59 Å². The first-order valence-electron chi connectivity index (χ1n) is 11.5. The normalized spacial score (nSPS) is 15.4. The predicted molar refractivity (Wildman–Crippen MR) is 140 cm³/mol. The van der Waals surface area contributed by atoms with Crippen LogP contribution >= 0.6 is 24.0 Å². The molecule has 0 amide bonds. The molecule has 2 heterocycles. The quantitative estimate of drug-likeness (QED) is 0.370. The molecule has 1 unspecified atom stereocenters. The Hall–Kier alpha value is -2.81. The van der Waals surface area contributed by atoms with Gasteiger partial charge in [-0.1, -0.05) is 29.8 Å². The number of dihydropyridines is 1. The summed E-state index contributed by atoms with van der Waals surface area (Å²) in [5.74, 6) is -0.945. The van der Waals surface area contributed by atoms with Crippen LogP contribution in [-0.4, -0.2) is 48.4 Å². The van der Waals surface area contributed by atoms with Crippen molar-refractivity contribution in [3.8, 4) is 0 Å². The van der Waals surface area contributed by atoms with Crippen molar-refractivity contribution < 1.29 is 23.8 Å². The molecule has 36 heavy (non-hydrogen) atoms. The molecule has 1 aromatic heterocycles. The van der Waals surface area contributed by atoms with Crippen molar-refractivity contribution in [1.29, 1.82) is 0 Å². The van der Waals surface area contributed by atoms with Gasteiger partial charge in [-0.2, -0.15) is 0 Å². The fraction of sp³-hybridized carbons (Fsp3) is 0.423. The number of carbonyl (C=O) groups is 2. The van der Waals surface area contributed by atoms with Gasteiger partial charge in [-0.15, -0.1) is 12.4 Å².